The Bertz CT molecular complexity index is 371. The topological polar surface area (TPSA) is 46.5 Å². The first-order valence-corrected chi connectivity index (χ1v) is 6.35. The Kier molecular flexibility index (Phi) is 5.15. The predicted octanol–water partition coefficient (Wildman–Crippen LogP) is 2.70. The molecule has 0 aliphatic rings. The Balaban J connectivity index is 2.59. The van der Waals surface area contributed by atoms with Gasteiger partial charge in [-0.3, -0.25) is 4.79 Å². The number of benzene rings is 1. The van der Waals surface area contributed by atoms with Crippen LogP contribution < -0.4 is 0 Å². The number of halogens is 1. The number of esters is 1. The van der Waals surface area contributed by atoms with Gasteiger partial charge < -0.3 is 9.84 Å². The molecule has 1 aromatic rings. The fraction of sp³-hybridized carbons (Fsp3) is 0.462. The average molecular weight is 301 g/mol. The van der Waals surface area contributed by atoms with E-state index in [1.165, 1.54) is 0 Å². The van der Waals surface area contributed by atoms with Crippen LogP contribution in [0.15, 0.2) is 28.7 Å². The minimum absolute atomic E-state index is 0.0108. The summed E-state index contributed by atoms with van der Waals surface area (Å²) < 4.78 is 5.82. The minimum atomic E-state index is -1.07. The zero-order chi connectivity index (χ0) is 12.9. The zero-order valence-electron chi connectivity index (χ0n) is 10.1. The van der Waals surface area contributed by atoms with Gasteiger partial charge in [0.25, 0.3) is 0 Å². The largest absolute Gasteiger partial charge is 0.466 e. The summed E-state index contributed by atoms with van der Waals surface area (Å²) in [7, 11) is 0. The van der Waals surface area contributed by atoms with Crippen molar-refractivity contribution in [3.63, 3.8) is 0 Å². The van der Waals surface area contributed by atoms with E-state index in [-0.39, 0.29) is 12.4 Å². The lowest BCUT2D eigenvalue weighted by Crippen LogP contribution is -2.31. The molecule has 3 nitrogen and oxygen atoms in total. The van der Waals surface area contributed by atoms with E-state index in [2.05, 4.69) is 15.9 Å². The van der Waals surface area contributed by atoms with Crippen LogP contribution in [0.25, 0.3) is 0 Å². The summed E-state index contributed by atoms with van der Waals surface area (Å²) in [4.78, 5) is 11.3. The second-order valence-corrected chi connectivity index (χ2v) is 5.20. The van der Waals surface area contributed by atoms with Crippen molar-refractivity contribution in [3.8, 4) is 0 Å². The molecule has 17 heavy (non-hydrogen) atoms. The van der Waals surface area contributed by atoms with E-state index in [4.69, 9.17) is 4.74 Å². The minimum Gasteiger partial charge on any atom is -0.466 e. The molecular formula is C13H17BrO3. The van der Waals surface area contributed by atoms with Crippen molar-refractivity contribution in [2.45, 2.75) is 32.3 Å². The van der Waals surface area contributed by atoms with E-state index in [9.17, 15) is 9.90 Å². The van der Waals surface area contributed by atoms with E-state index in [1.54, 1.807) is 13.8 Å². The SMILES string of the molecule is CCOC(=O)CC(C)(O)Cc1ccc(Br)cc1. The number of hydrogen-bond donors (Lipinski definition) is 1. The third kappa shape index (κ3) is 5.33. The lowest BCUT2D eigenvalue weighted by atomic mass is 9.93. The van der Waals surface area contributed by atoms with Crippen molar-refractivity contribution in [2.24, 2.45) is 0 Å². The normalized spacial score (nSPS) is 14.1. The summed E-state index contributed by atoms with van der Waals surface area (Å²) in [6.45, 7) is 3.74. The highest BCUT2D eigenvalue weighted by molar-refractivity contribution is 9.10. The van der Waals surface area contributed by atoms with Gasteiger partial charge in [0, 0.05) is 10.9 Å². The van der Waals surface area contributed by atoms with Crippen LogP contribution in [0.3, 0.4) is 0 Å². The van der Waals surface area contributed by atoms with E-state index in [0.717, 1.165) is 10.0 Å². The number of hydrogen-bond acceptors (Lipinski definition) is 3. The third-order valence-corrected chi connectivity index (χ3v) is 2.86. The van der Waals surface area contributed by atoms with Crippen molar-refractivity contribution in [1.29, 1.82) is 0 Å². The molecule has 0 aliphatic carbocycles. The standard InChI is InChI=1S/C13H17BrO3/c1-3-17-12(15)9-13(2,16)8-10-4-6-11(14)7-5-10/h4-7,16H,3,8-9H2,1-2H3. The fourth-order valence-electron chi connectivity index (χ4n) is 1.63. The van der Waals surface area contributed by atoms with E-state index in [0.29, 0.717) is 13.0 Å². The van der Waals surface area contributed by atoms with Gasteiger partial charge in [-0.2, -0.15) is 0 Å². The Hall–Kier alpha value is -0.870. The molecular weight excluding hydrogens is 284 g/mol. The molecule has 1 aromatic carbocycles. The summed E-state index contributed by atoms with van der Waals surface area (Å²) >= 11 is 3.35. The van der Waals surface area contributed by atoms with Gasteiger partial charge in [0.05, 0.1) is 18.6 Å². The number of carbonyl (C=O) groups is 1. The highest BCUT2D eigenvalue weighted by Gasteiger charge is 2.25. The van der Waals surface area contributed by atoms with Crippen LogP contribution >= 0.6 is 15.9 Å². The van der Waals surface area contributed by atoms with Gasteiger partial charge in [-0.1, -0.05) is 28.1 Å². The predicted molar refractivity (Wildman–Crippen MR) is 69.7 cm³/mol. The Labute approximate surface area is 110 Å². The van der Waals surface area contributed by atoms with E-state index < -0.39 is 5.60 Å². The molecule has 0 amide bonds. The molecule has 0 aromatic heterocycles. The molecule has 0 aliphatic heterocycles. The summed E-state index contributed by atoms with van der Waals surface area (Å²) in [5.41, 5.74) is -0.0809. The monoisotopic (exact) mass is 300 g/mol. The van der Waals surface area contributed by atoms with Gasteiger partial charge in [0.15, 0.2) is 0 Å². The smallest absolute Gasteiger partial charge is 0.308 e. The number of carbonyl (C=O) groups excluding carboxylic acids is 1. The first kappa shape index (κ1) is 14.2. The highest BCUT2D eigenvalue weighted by Crippen LogP contribution is 2.19. The summed E-state index contributed by atoms with van der Waals surface area (Å²) in [6, 6.07) is 7.67. The highest BCUT2D eigenvalue weighted by atomic mass is 79.9. The van der Waals surface area contributed by atoms with Crippen LogP contribution in [0.4, 0.5) is 0 Å². The van der Waals surface area contributed by atoms with Gasteiger partial charge in [0.1, 0.15) is 0 Å². The molecule has 0 heterocycles. The van der Waals surface area contributed by atoms with Gasteiger partial charge >= 0.3 is 5.97 Å². The Morgan fingerprint density at radius 3 is 2.53 bits per heavy atom. The lowest BCUT2D eigenvalue weighted by Gasteiger charge is -2.22. The third-order valence-electron chi connectivity index (χ3n) is 2.33. The second kappa shape index (κ2) is 6.17. The molecule has 0 fully saturated rings. The maximum absolute atomic E-state index is 11.3. The van der Waals surface area contributed by atoms with E-state index in [1.807, 2.05) is 24.3 Å². The Morgan fingerprint density at radius 1 is 1.41 bits per heavy atom. The van der Waals surface area contributed by atoms with Crippen LogP contribution in [0.1, 0.15) is 25.8 Å². The van der Waals surface area contributed by atoms with Crippen LogP contribution in [-0.2, 0) is 16.0 Å². The molecule has 0 radical (unpaired) electrons. The molecule has 0 saturated heterocycles. The maximum atomic E-state index is 11.3. The molecule has 0 bridgehead atoms. The first-order chi connectivity index (χ1) is 7.93. The Morgan fingerprint density at radius 2 is 2.00 bits per heavy atom. The lowest BCUT2D eigenvalue weighted by molar-refractivity contribution is -0.148. The molecule has 0 spiro atoms. The van der Waals surface area contributed by atoms with Crippen LogP contribution in [-0.4, -0.2) is 23.3 Å². The summed E-state index contributed by atoms with van der Waals surface area (Å²) in [5, 5.41) is 10.1. The van der Waals surface area contributed by atoms with Gasteiger partial charge in [0.2, 0.25) is 0 Å². The molecule has 1 N–H and O–H groups in total. The molecule has 1 atom stereocenters. The maximum Gasteiger partial charge on any atom is 0.308 e. The van der Waals surface area contributed by atoms with Gasteiger partial charge in [-0.05, 0) is 31.5 Å². The zero-order valence-corrected chi connectivity index (χ0v) is 11.7. The van der Waals surface area contributed by atoms with Crippen molar-refractivity contribution >= 4 is 21.9 Å². The number of aliphatic hydroxyl groups is 1. The van der Waals surface area contributed by atoms with Gasteiger partial charge in [-0.15, -0.1) is 0 Å². The van der Waals surface area contributed by atoms with Crippen molar-refractivity contribution < 1.29 is 14.6 Å². The molecule has 4 heteroatoms. The number of ether oxygens (including phenoxy) is 1. The van der Waals surface area contributed by atoms with Crippen molar-refractivity contribution in [1.82, 2.24) is 0 Å². The summed E-state index contributed by atoms with van der Waals surface area (Å²) in [5.74, 6) is -0.366. The number of rotatable bonds is 5. The molecule has 1 unspecified atom stereocenters. The van der Waals surface area contributed by atoms with Crippen molar-refractivity contribution in [2.75, 3.05) is 6.61 Å². The fourth-order valence-corrected chi connectivity index (χ4v) is 1.89. The quantitative estimate of drug-likeness (QED) is 0.851. The first-order valence-electron chi connectivity index (χ1n) is 5.55. The van der Waals surface area contributed by atoms with E-state index >= 15 is 0 Å². The average Bonchev–Trinajstić information content (AvgIpc) is 2.20. The van der Waals surface area contributed by atoms with Crippen molar-refractivity contribution in [3.05, 3.63) is 34.3 Å². The summed E-state index contributed by atoms with van der Waals surface area (Å²) in [6.07, 6.45) is 0.440. The second-order valence-electron chi connectivity index (χ2n) is 4.28. The molecule has 1 rings (SSSR count). The van der Waals surface area contributed by atoms with Crippen LogP contribution in [0.5, 0.6) is 0 Å². The molecule has 94 valence electrons. The molecule has 0 saturated carbocycles. The van der Waals surface area contributed by atoms with Gasteiger partial charge in [-0.25, -0.2) is 0 Å². The van der Waals surface area contributed by atoms with Crippen LogP contribution in [0.2, 0.25) is 0 Å². The van der Waals surface area contributed by atoms with Crippen LogP contribution in [0, 0.1) is 0 Å².